The van der Waals surface area contributed by atoms with Crippen LogP contribution in [0, 0.1) is 0 Å². The molecular formula is C10H15N5S2. The van der Waals surface area contributed by atoms with Gasteiger partial charge in [-0.1, -0.05) is 22.7 Å². The Bertz CT molecular complexity index is 426. The molecule has 0 bridgehead atoms. The van der Waals surface area contributed by atoms with Crippen LogP contribution in [0.1, 0.15) is 24.8 Å². The van der Waals surface area contributed by atoms with Crippen LogP contribution in [0.15, 0.2) is 6.20 Å². The van der Waals surface area contributed by atoms with Crippen molar-refractivity contribution in [3.05, 3.63) is 11.2 Å². The summed E-state index contributed by atoms with van der Waals surface area (Å²) in [6, 6.07) is 0. The van der Waals surface area contributed by atoms with Gasteiger partial charge in [-0.25, -0.2) is 0 Å². The summed E-state index contributed by atoms with van der Waals surface area (Å²) in [5, 5.41) is 17.5. The van der Waals surface area contributed by atoms with Gasteiger partial charge < -0.3 is 5.32 Å². The first-order valence-corrected chi connectivity index (χ1v) is 7.30. The highest BCUT2D eigenvalue weighted by Gasteiger charge is 2.08. The highest BCUT2D eigenvalue weighted by molar-refractivity contribution is 7.19. The molecule has 0 aromatic carbocycles. The van der Waals surface area contributed by atoms with Gasteiger partial charge in [0, 0.05) is 6.42 Å². The van der Waals surface area contributed by atoms with E-state index in [2.05, 4.69) is 32.0 Å². The lowest BCUT2D eigenvalue weighted by Gasteiger charge is -1.99. The summed E-state index contributed by atoms with van der Waals surface area (Å²) in [6.07, 6.45) is 5.01. The highest BCUT2D eigenvalue weighted by atomic mass is 32.1. The van der Waals surface area contributed by atoms with Crippen LogP contribution in [0.2, 0.25) is 0 Å². The van der Waals surface area contributed by atoms with Gasteiger partial charge in [-0.15, -0.1) is 15.3 Å². The zero-order valence-corrected chi connectivity index (χ0v) is 11.4. The third-order valence-corrected chi connectivity index (χ3v) is 4.03. The second-order valence-electron chi connectivity index (χ2n) is 3.64. The molecule has 0 unspecified atom stereocenters. The number of hydrogen-bond acceptors (Lipinski definition) is 7. The van der Waals surface area contributed by atoms with Gasteiger partial charge in [0.25, 0.3) is 0 Å². The van der Waals surface area contributed by atoms with Gasteiger partial charge in [-0.3, -0.25) is 0 Å². The Labute approximate surface area is 108 Å². The molecule has 0 saturated carbocycles. The van der Waals surface area contributed by atoms with E-state index in [4.69, 9.17) is 0 Å². The maximum Gasteiger partial charge on any atom is 0.161 e. The standard InChI is InChI=1S/C10H15N5S2/c1-2-5-11-6-3-4-9-13-14-10(16-9)8-7-12-15-17-8/h7,11H,2-6H2,1H3. The second-order valence-corrected chi connectivity index (χ2v) is 5.48. The lowest BCUT2D eigenvalue weighted by molar-refractivity contribution is 0.637. The van der Waals surface area contributed by atoms with E-state index in [1.54, 1.807) is 17.5 Å². The normalized spacial score (nSPS) is 10.9. The fourth-order valence-corrected chi connectivity index (χ4v) is 2.80. The largest absolute Gasteiger partial charge is 0.317 e. The zero-order chi connectivity index (χ0) is 11.9. The summed E-state index contributed by atoms with van der Waals surface area (Å²) in [5.74, 6) is 0. The third kappa shape index (κ3) is 3.79. The Morgan fingerprint density at radius 2 is 2.24 bits per heavy atom. The lowest BCUT2D eigenvalue weighted by Crippen LogP contribution is -2.16. The van der Waals surface area contributed by atoms with Crippen LogP contribution in [0.25, 0.3) is 9.88 Å². The van der Waals surface area contributed by atoms with Gasteiger partial charge >= 0.3 is 0 Å². The second kappa shape index (κ2) is 6.73. The predicted molar refractivity (Wildman–Crippen MR) is 70.3 cm³/mol. The Balaban J connectivity index is 1.79. The molecule has 0 aliphatic rings. The summed E-state index contributed by atoms with van der Waals surface area (Å²) in [4.78, 5) is 0.998. The molecule has 0 fully saturated rings. The molecule has 7 heteroatoms. The van der Waals surface area contributed by atoms with Crippen molar-refractivity contribution in [2.45, 2.75) is 26.2 Å². The minimum atomic E-state index is 0.927. The van der Waals surface area contributed by atoms with Crippen molar-refractivity contribution >= 4 is 22.9 Å². The first kappa shape index (κ1) is 12.5. The topological polar surface area (TPSA) is 63.6 Å². The van der Waals surface area contributed by atoms with Crippen molar-refractivity contribution in [3.8, 4) is 9.88 Å². The Hall–Kier alpha value is -0.920. The summed E-state index contributed by atoms with van der Waals surface area (Å²) in [5.41, 5.74) is 0. The fraction of sp³-hybridized carbons (Fsp3) is 0.600. The van der Waals surface area contributed by atoms with Crippen molar-refractivity contribution in [2.75, 3.05) is 13.1 Å². The molecule has 5 nitrogen and oxygen atoms in total. The number of aryl methyl sites for hydroxylation is 1. The summed E-state index contributed by atoms with van der Waals surface area (Å²) >= 11 is 2.99. The van der Waals surface area contributed by atoms with E-state index in [0.29, 0.717) is 0 Å². The van der Waals surface area contributed by atoms with Crippen molar-refractivity contribution in [2.24, 2.45) is 0 Å². The van der Waals surface area contributed by atoms with Gasteiger partial charge in [0.15, 0.2) is 5.01 Å². The first-order chi connectivity index (χ1) is 8.40. The Kier molecular flexibility index (Phi) is 4.96. The van der Waals surface area contributed by atoms with Gasteiger partial charge in [-0.05, 0) is 37.5 Å². The van der Waals surface area contributed by atoms with E-state index in [1.807, 2.05) is 0 Å². The first-order valence-electron chi connectivity index (χ1n) is 5.71. The highest BCUT2D eigenvalue weighted by Crippen LogP contribution is 2.25. The van der Waals surface area contributed by atoms with E-state index in [0.717, 1.165) is 40.8 Å². The molecule has 92 valence electrons. The van der Waals surface area contributed by atoms with Gasteiger partial charge in [0.2, 0.25) is 0 Å². The summed E-state index contributed by atoms with van der Waals surface area (Å²) < 4.78 is 3.82. The maximum absolute atomic E-state index is 4.18. The average Bonchev–Trinajstić information content (AvgIpc) is 2.99. The van der Waals surface area contributed by atoms with Crippen LogP contribution < -0.4 is 5.32 Å². The molecule has 0 amide bonds. The maximum atomic E-state index is 4.18. The third-order valence-electron chi connectivity index (χ3n) is 2.21. The number of nitrogens with one attached hydrogen (secondary N) is 1. The van der Waals surface area contributed by atoms with E-state index in [9.17, 15) is 0 Å². The minimum absolute atomic E-state index is 0.927. The van der Waals surface area contributed by atoms with Crippen molar-refractivity contribution in [1.29, 1.82) is 0 Å². The SMILES string of the molecule is CCCNCCCc1nnc(-c2cnns2)s1. The van der Waals surface area contributed by atoms with Crippen LogP contribution in [0.4, 0.5) is 0 Å². The molecule has 2 heterocycles. The molecule has 0 atom stereocenters. The number of hydrogen-bond donors (Lipinski definition) is 1. The van der Waals surface area contributed by atoms with Gasteiger partial charge in [-0.2, -0.15) is 0 Å². The number of nitrogens with zero attached hydrogens (tertiary/aromatic N) is 4. The molecule has 0 spiro atoms. The molecule has 0 aliphatic carbocycles. The molecular weight excluding hydrogens is 254 g/mol. The molecule has 17 heavy (non-hydrogen) atoms. The lowest BCUT2D eigenvalue weighted by atomic mass is 10.3. The fourth-order valence-electron chi connectivity index (χ4n) is 1.38. The smallest absolute Gasteiger partial charge is 0.161 e. The van der Waals surface area contributed by atoms with Crippen LogP contribution in [0.3, 0.4) is 0 Å². The van der Waals surface area contributed by atoms with Crippen LogP contribution in [-0.2, 0) is 6.42 Å². The van der Waals surface area contributed by atoms with Gasteiger partial charge in [0.05, 0.1) is 6.20 Å². The van der Waals surface area contributed by atoms with Gasteiger partial charge in [0.1, 0.15) is 9.88 Å². The number of aromatic nitrogens is 4. The molecule has 2 rings (SSSR count). The Morgan fingerprint density at radius 1 is 1.29 bits per heavy atom. The molecule has 1 N–H and O–H groups in total. The van der Waals surface area contributed by atoms with Crippen molar-refractivity contribution in [3.63, 3.8) is 0 Å². The molecule has 2 aromatic rings. The minimum Gasteiger partial charge on any atom is -0.317 e. The average molecular weight is 269 g/mol. The Morgan fingerprint density at radius 3 is 3.00 bits per heavy atom. The van der Waals surface area contributed by atoms with Crippen LogP contribution in [-0.4, -0.2) is 32.9 Å². The van der Waals surface area contributed by atoms with Crippen molar-refractivity contribution in [1.82, 2.24) is 25.1 Å². The molecule has 2 aromatic heterocycles. The monoisotopic (exact) mass is 269 g/mol. The predicted octanol–water partition coefficient (Wildman–Crippen LogP) is 1.99. The van der Waals surface area contributed by atoms with E-state index >= 15 is 0 Å². The summed E-state index contributed by atoms with van der Waals surface area (Å²) in [6.45, 7) is 4.31. The van der Waals surface area contributed by atoms with Crippen molar-refractivity contribution < 1.29 is 0 Å². The van der Waals surface area contributed by atoms with E-state index in [1.165, 1.54) is 18.0 Å². The van der Waals surface area contributed by atoms with Crippen LogP contribution >= 0.6 is 22.9 Å². The zero-order valence-electron chi connectivity index (χ0n) is 9.72. The molecule has 0 aliphatic heterocycles. The quantitative estimate of drug-likeness (QED) is 0.779. The molecule has 0 saturated heterocycles. The van der Waals surface area contributed by atoms with Crippen LogP contribution in [0.5, 0.6) is 0 Å². The molecule has 0 radical (unpaired) electrons. The number of rotatable bonds is 7. The summed E-state index contributed by atoms with van der Waals surface area (Å²) in [7, 11) is 0. The van der Waals surface area contributed by atoms with E-state index < -0.39 is 0 Å². The van der Waals surface area contributed by atoms with E-state index in [-0.39, 0.29) is 0 Å².